The number of hydrogen-bond donors (Lipinski definition) is 1. The van der Waals surface area contributed by atoms with Crippen molar-refractivity contribution < 1.29 is 4.79 Å². The van der Waals surface area contributed by atoms with E-state index in [4.69, 9.17) is 0 Å². The fraction of sp³-hybridized carbons (Fsp3) is 0.300. The molecule has 0 fully saturated rings. The average molecular weight is 163 g/mol. The number of benzene rings is 1. The van der Waals surface area contributed by atoms with Gasteiger partial charge in [0, 0.05) is 0 Å². The molecule has 1 rings (SSSR count). The second kappa shape index (κ2) is 4.02. The van der Waals surface area contributed by atoms with E-state index in [0.29, 0.717) is 0 Å². The van der Waals surface area contributed by atoms with Gasteiger partial charge in [0.2, 0.25) is 0 Å². The summed E-state index contributed by atoms with van der Waals surface area (Å²) in [7, 11) is 1.78. The first-order valence-electron chi connectivity index (χ1n) is 3.97. The summed E-state index contributed by atoms with van der Waals surface area (Å²) in [4.78, 5) is 10.6. The van der Waals surface area contributed by atoms with Crippen LogP contribution in [0.4, 0.5) is 0 Å². The summed E-state index contributed by atoms with van der Waals surface area (Å²) in [6.45, 7) is 2.01. The standard InChI is InChI=1S/C10H13NO/c1-8-4-3-5-9(6-8)10(7-12)11-2/h3-7,10-11H,1-2H3. The highest BCUT2D eigenvalue weighted by atomic mass is 16.1. The van der Waals surface area contributed by atoms with Crippen LogP contribution in [0.15, 0.2) is 24.3 Å². The van der Waals surface area contributed by atoms with E-state index in [2.05, 4.69) is 5.32 Å². The zero-order valence-corrected chi connectivity index (χ0v) is 7.37. The Balaban J connectivity index is 2.93. The molecular formula is C10H13NO. The SMILES string of the molecule is CNC(C=O)c1cccc(C)c1. The van der Waals surface area contributed by atoms with Crippen LogP contribution < -0.4 is 5.32 Å². The van der Waals surface area contributed by atoms with Crippen molar-refractivity contribution in [3.05, 3.63) is 35.4 Å². The van der Waals surface area contributed by atoms with E-state index in [1.807, 2.05) is 31.2 Å². The van der Waals surface area contributed by atoms with Crippen molar-refractivity contribution in [1.82, 2.24) is 5.32 Å². The van der Waals surface area contributed by atoms with Crippen LogP contribution in [0.25, 0.3) is 0 Å². The van der Waals surface area contributed by atoms with Crippen LogP contribution in [-0.4, -0.2) is 13.3 Å². The average Bonchev–Trinajstić information content (AvgIpc) is 2.07. The normalized spacial score (nSPS) is 12.5. The first-order chi connectivity index (χ1) is 5.77. The molecule has 0 heterocycles. The number of nitrogens with one attached hydrogen (secondary N) is 1. The van der Waals surface area contributed by atoms with E-state index in [0.717, 1.165) is 11.8 Å². The molecule has 1 unspecified atom stereocenters. The van der Waals surface area contributed by atoms with E-state index in [1.54, 1.807) is 7.05 Å². The molecule has 1 N–H and O–H groups in total. The van der Waals surface area contributed by atoms with Gasteiger partial charge in [-0.05, 0) is 19.5 Å². The number of hydrogen-bond acceptors (Lipinski definition) is 2. The monoisotopic (exact) mass is 163 g/mol. The topological polar surface area (TPSA) is 29.1 Å². The summed E-state index contributed by atoms with van der Waals surface area (Å²) in [5, 5.41) is 2.93. The Morgan fingerprint density at radius 2 is 2.25 bits per heavy atom. The van der Waals surface area contributed by atoms with Crippen molar-refractivity contribution >= 4 is 6.29 Å². The highest BCUT2D eigenvalue weighted by molar-refractivity contribution is 5.61. The second-order valence-corrected chi connectivity index (χ2v) is 2.82. The largest absolute Gasteiger partial charge is 0.307 e. The lowest BCUT2D eigenvalue weighted by atomic mass is 10.1. The summed E-state index contributed by atoms with van der Waals surface area (Å²) in [5.74, 6) is 0. The zero-order chi connectivity index (χ0) is 8.97. The quantitative estimate of drug-likeness (QED) is 0.683. The Labute approximate surface area is 72.6 Å². The van der Waals surface area contributed by atoms with Crippen molar-refractivity contribution in [3.8, 4) is 0 Å². The minimum atomic E-state index is -0.176. The van der Waals surface area contributed by atoms with Gasteiger partial charge in [0.05, 0.1) is 6.04 Å². The number of aldehydes is 1. The van der Waals surface area contributed by atoms with Gasteiger partial charge in [-0.1, -0.05) is 29.8 Å². The van der Waals surface area contributed by atoms with Crippen LogP contribution in [0.1, 0.15) is 17.2 Å². The van der Waals surface area contributed by atoms with Crippen molar-refractivity contribution in [3.63, 3.8) is 0 Å². The third-order valence-electron chi connectivity index (χ3n) is 1.85. The minimum absolute atomic E-state index is 0.176. The molecule has 0 aromatic heterocycles. The maximum atomic E-state index is 10.6. The maximum Gasteiger partial charge on any atom is 0.141 e. The van der Waals surface area contributed by atoms with Crippen molar-refractivity contribution in [1.29, 1.82) is 0 Å². The lowest BCUT2D eigenvalue weighted by Gasteiger charge is -2.09. The fourth-order valence-electron chi connectivity index (χ4n) is 1.18. The van der Waals surface area contributed by atoms with Crippen LogP contribution in [0.3, 0.4) is 0 Å². The third kappa shape index (κ3) is 1.92. The van der Waals surface area contributed by atoms with Crippen LogP contribution in [0.2, 0.25) is 0 Å². The van der Waals surface area contributed by atoms with Crippen LogP contribution in [0.5, 0.6) is 0 Å². The maximum absolute atomic E-state index is 10.6. The Morgan fingerprint density at radius 3 is 2.75 bits per heavy atom. The molecule has 1 aromatic rings. The van der Waals surface area contributed by atoms with Gasteiger partial charge in [-0.15, -0.1) is 0 Å². The molecule has 0 saturated carbocycles. The fourth-order valence-corrected chi connectivity index (χ4v) is 1.18. The first kappa shape index (κ1) is 8.94. The van der Waals surface area contributed by atoms with Gasteiger partial charge in [0.25, 0.3) is 0 Å². The van der Waals surface area contributed by atoms with E-state index in [9.17, 15) is 4.79 Å². The van der Waals surface area contributed by atoms with Crippen molar-refractivity contribution in [2.75, 3.05) is 7.05 Å². The van der Waals surface area contributed by atoms with Crippen LogP contribution in [-0.2, 0) is 4.79 Å². The molecule has 0 saturated heterocycles. The Kier molecular flexibility index (Phi) is 3.00. The lowest BCUT2D eigenvalue weighted by Crippen LogP contribution is -2.17. The summed E-state index contributed by atoms with van der Waals surface area (Å²) in [6.07, 6.45) is 0.911. The molecule has 64 valence electrons. The molecule has 0 spiro atoms. The molecule has 0 aliphatic heterocycles. The summed E-state index contributed by atoms with van der Waals surface area (Å²) in [6, 6.07) is 7.75. The van der Waals surface area contributed by atoms with Crippen LogP contribution >= 0.6 is 0 Å². The van der Waals surface area contributed by atoms with Gasteiger partial charge in [0.1, 0.15) is 6.29 Å². The molecule has 2 nitrogen and oxygen atoms in total. The Bertz CT molecular complexity index is 270. The lowest BCUT2D eigenvalue weighted by molar-refractivity contribution is -0.109. The highest BCUT2D eigenvalue weighted by Crippen LogP contribution is 2.11. The van der Waals surface area contributed by atoms with E-state index in [1.165, 1.54) is 5.56 Å². The second-order valence-electron chi connectivity index (χ2n) is 2.82. The van der Waals surface area contributed by atoms with Gasteiger partial charge >= 0.3 is 0 Å². The molecule has 0 aliphatic carbocycles. The number of rotatable bonds is 3. The Morgan fingerprint density at radius 1 is 1.50 bits per heavy atom. The highest BCUT2D eigenvalue weighted by Gasteiger charge is 2.05. The predicted molar refractivity (Wildman–Crippen MR) is 49.0 cm³/mol. The van der Waals surface area contributed by atoms with Gasteiger partial charge in [-0.3, -0.25) is 0 Å². The summed E-state index contributed by atoms with van der Waals surface area (Å²) < 4.78 is 0. The summed E-state index contributed by atoms with van der Waals surface area (Å²) >= 11 is 0. The van der Waals surface area contributed by atoms with Gasteiger partial charge in [-0.25, -0.2) is 0 Å². The smallest absolute Gasteiger partial charge is 0.141 e. The molecule has 1 atom stereocenters. The van der Waals surface area contributed by atoms with Gasteiger partial charge in [0.15, 0.2) is 0 Å². The predicted octanol–water partition coefficient (Wildman–Crippen LogP) is 1.45. The number of carbonyl (C=O) groups excluding carboxylic acids is 1. The van der Waals surface area contributed by atoms with E-state index in [-0.39, 0.29) is 6.04 Å². The van der Waals surface area contributed by atoms with Gasteiger partial charge in [-0.2, -0.15) is 0 Å². The van der Waals surface area contributed by atoms with E-state index >= 15 is 0 Å². The molecule has 0 aliphatic rings. The molecule has 12 heavy (non-hydrogen) atoms. The number of carbonyl (C=O) groups is 1. The molecule has 0 bridgehead atoms. The van der Waals surface area contributed by atoms with E-state index < -0.39 is 0 Å². The molecule has 0 radical (unpaired) electrons. The molecular weight excluding hydrogens is 150 g/mol. The zero-order valence-electron chi connectivity index (χ0n) is 7.37. The number of aryl methyl sites for hydroxylation is 1. The van der Waals surface area contributed by atoms with Crippen molar-refractivity contribution in [2.45, 2.75) is 13.0 Å². The number of likely N-dealkylation sites (N-methyl/N-ethyl adjacent to an activating group) is 1. The van der Waals surface area contributed by atoms with Crippen LogP contribution in [0, 0.1) is 6.92 Å². The Hall–Kier alpha value is -1.15. The minimum Gasteiger partial charge on any atom is -0.307 e. The molecule has 1 aromatic carbocycles. The molecule has 2 heteroatoms. The summed E-state index contributed by atoms with van der Waals surface area (Å²) in [5.41, 5.74) is 2.20. The van der Waals surface area contributed by atoms with Gasteiger partial charge < -0.3 is 10.1 Å². The molecule has 0 amide bonds. The first-order valence-corrected chi connectivity index (χ1v) is 3.97. The van der Waals surface area contributed by atoms with Crippen molar-refractivity contribution in [2.24, 2.45) is 0 Å². The third-order valence-corrected chi connectivity index (χ3v) is 1.85.